The number of nitrogens with zero attached hydrogens (tertiary/aromatic N) is 2. The molecule has 2 rings (SSSR count). The topological polar surface area (TPSA) is 112 Å². The molecule has 10 heteroatoms. The number of ether oxygens (including phenoxy) is 1. The first-order valence-electron chi connectivity index (χ1n) is 7.11. The van der Waals surface area contributed by atoms with E-state index in [1.165, 1.54) is 11.7 Å². The van der Waals surface area contributed by atoms with Crippen LogP contribution < -0.4 is 4.80 Å². The van der Waals surface area contributed by atoms with Gasteiger partial charge in [0.15, 0.2) is 4.80 Å². The van der Waals surface area contributed by atoms with Crippen LogP contribution in [0.1, 0.15) is 12.5 Å². The molecule has 2 aromatic rings. The van der Waals surface area contributed by atoms with Crippen LogP contribution in [0.5, 0.6) is 0 Å². The summed E-state index contributed by atoms with van der Waals surface area (Å²) < 4.78 is 30.0. The second kappa shape index (κ2) is 7.28. The molecule has 0 atom stereocenters. The number of hydrogen-bond acceptors (Lipinski definition) is 7. The second-order valence-corrected chi connectivity index (χ2v) is 8.38. The van der Waals surface area contributed by atoms with Crippen molar-refractivity contribution in [2.75, 3.05) is 12.9 Å². The second-order valence-electron chi connectivity index (χ2n) is 5.27. The summed E-state index contributed by atoms with van der Waals surface area (Å²) in [5.41, 5.74) is 1.65. The minimum atomic E-state index is -4.17. The van der Waals surface area contributed by atoms with Crippen LogP contribution in [-0.2, 0) is 35.5 Å². The largest absolute Gasteiger partial charge is 0.468 e. The fraction of sp³-hybridized carbons (Fsp3) is 0.333. The monoisotopic (exact) mass is 384 g/mol. The molecule has 0 aliphatic carbocycles. The normalized spacial score (nSPS) is 12.4. The van der Waals surface area contributed by atoms with Crippen LogP contribution in [0, 0.1) is 6.92 Å². The minimum absolute atomic E-state index is 0.162. The van der Waals surface area contributed by atoms with Gasteiger partial charge in [0.05, 0.1) is 17.3 Å². The molecule has 0 bridgehead atoms. The number of fused-ring (bicyclic) bond motifs is 1. The molecule has 0 unspecified atom stereocenters. The lowest BCUT2D eigenvalue weighted by Crippen LogP contribution is -2.25. The molecule has 8 nitrogen and oxygen atoms in total. The number of thiazole rings is 1. The van der Waals surface area contributed by atoms with E-state index in [-0.39, 0.29) is 11.3 Å². The standard InChI is InChI=1S/C15H16N2O6S2/c1-9-4-5-11-12(6-9)24-15(17(11)7-14(20)23-3)16-13(19)8-25(21,22)10(2)18/h4-6H,7-8H2,1-3H3. The molecule has 134 valence electrons. The Hall–Kier alpha value is -2.33. The number of hydrogen-bond donors (Lipinski definition) is 0. The van der Waals surface area contributed by atoms with Crippen LogP contribution in [0.3, 0.4) is 0 Å². The van der Waals surface area contributed by atoms with E-state index in [4.69, 9.17) is 0 Å². The summed E-state index contributed by atoms with van der Waals surface area (Å²) >= 11 is 1.14. The molecule has 0 saturated heterocycles. The Balaban J connectivity index is 2.55. The molecule has 0 spiro atoms. The Morgan fingerprint density at radius 3 is 2.56 bits per heavy atom. The van der Waals surface area contributed by atoms with Crippen molar-refractivity contribution in [3.63, 3.8) is 0 Å². The van der Waals surface area contributed by atoms with Crippen molar-refractivity contribution in [2.24, 2.45) is 4.99 Å². The fourth-order valence-electron chi connectivity index (χ4n) is 2.02. The molecular formula is C15H16N2O6S2. The van der Waals surface area contributed by atoms with Crippen molar-refractivity contribution in [3.05, 3.63) is 28.6 Å². The van der Waals surface area contributed by atoms with E-state index >= 15 is 0 Å². The summed E-state index contributed by atoms with van der Waals surface area (Å²) in [6.07, 6.45) is 0. The van der Waals surface area contributed by atoms with Gasteiger partial charge >= 0.3 is 5.97 Å². The van der Waals surface area contributed by atoms with Crippen molar-refractivity contribution < 1.29 is 27.5 Å². The third-order valence-electron chi connectivity index (χ3n) is 3.32. The number of carbonyl (C=O) groups is 3. The summed E-state index contributed by atoms with van der Waals surface area (Å²) in [6.45, 7) is 2.60. The Kier molecular flexibility index (Phi) is 5.53. The van der Waals surface area contributed by atoms with Crippen LogP contribution in [0.2, 0.25) is 0 Å². The van der Waals surface area contributed by atoms with Crippen LogP contribution in [0.25, 0.3) is 10.2 Å². The quantitative estimate of drug-likeness (QED) is 0.713. The van der Waals surface area contributed by atoms with E-state index < -0.39 is 32.6 Å². The van der Waals surface area contributed by atoms with E-state index in [2.05, 4.69) is 9.73 Å². The molecular weight excluding hydrogens is 368 g/mol. The summed E-state index contributed by atoms with van der Waals surface area (Å²) in [5.74, 6) is -2.52. The van der Waals surface area contributed by atoms with Gasteiger partial charge in [0.2, 0.25) is 15.0 Å². The first kappa shape index (κ1) is 19.0. The van der Waals surface area contributed by atoms with Gasteiger partial charge in [-0.25, -0.2) is 8.42 Å². The lowest BCUT2D eigenvalue weighted by atomic mass is 10.2. The highest BCUT2D eigenvalue weighted by Gasteiger charge is 2.22. The van der Waals surface area contributed by atoms with Gasteiger partial charge in [0.25, 0.3) is 5.91 Å². The van der Waals surface area contributed by atoms with Crippen molar-refractivity contribution in [3.8, 4) is 0 Å². The number of methoxy groups -OCH3 is 1. The summed E-state index contributed by atoms with van der Waals surface area (Å²) in [4.78, 5) is 38.6. The van der Waals surface area contributed by atoms with Crippen molar-refractivity contribution in [2.45, 2.75) is 20.4 Å². The van der Waals surface area contributed by atoms with E-state index in [1.807, 2.05) is 19.1 Å². The van der Waals surface area contributed by atoms with Gasteiger partial charge in [-0.1, -0.05) is 17.4 Å². The summed E-state index contributed by atoms with van der Waals surface area (Å²) in [7, 11) is -2.93. The van der Waals surface area contributed by atoms with E-state index in [0.29, 0.717) is 5.52 Å². The average Bonchev–Trinajstić information content (AvgIpc) is 2.82. The van der Waals surface area contributed by atoms with Crippen molar-refractivity contribution in [1.29, 1.82) is 0 Å². The number of amides is 1. The zero-order valence-electron chi connectivity index (χ0n) is 13.8. The van der Waals surface area contributed by atoms with E-state index in [0.717, 1.165) is 28.5 Å². The number of carbonyl (C=O) groups excluding carboxylic acids is 3. The smallest absolute Gasteiger partial charge is 0.325 e. The molecule has 0 aliphatic rings. The Morgan fingerprint density at radius 2 is 1.96 bits per heavy atom. The van der Waals surface area contributed by atoms with E-state index in [1.54, 1.807) is 6.07 Å². The van der Waals surface area contributed by atoms with Crippen LogP contribution in [0.4, 0.5) is 0 Å². The van der Waals surface area contributed by atoms with Crippen molar-refractivity contribution >= 4 is 48.4 Å². The number of aryl methyl sites for hydroxylation is 1. The maximum Gasteiger partial charge on any atom is 0.325 e. The average molecular weight is 384 g/mol. The summed E-state index contributed by atoms with van der Waals surface area (Å²) in [6, 6.07) is 5.48. The highest BCUT2D eigenvalue weighted by molar-refractivity contribution is 8.06. The van der Waals surface area contributed by atoms with Crippen molar-refractivity contribution in [1.82, 2.24) is 4.57 Å². The molecule has 0 fully saturated rings. The number of rotatable bonds is 4. The molecule has 25 heavy (non-hydrogen) atoms. The van der Waals surface area contributed by atoms with Crippen LogP contribution in [0.15, 0.2) is 23.2 Å². The molecule has 0 radical (unpaired) electrons. The third kappa shape index (κ3) is 4.40. The van der Waals surface area contributed by atoms with Gasteiger partial charge in [-0.15, -0.1) is 0 Å². The van der Waals surface area contributed by atoms with Gasteiger partial charge in [0, 0.05) is 6.92 Å². The van der Waals surface area contributed by atoms with Gasteiger partial charge in [0.1, 0.15) is 12.3 Å². The van der Waals surface area contributed by atoms with Gasteiger partial charge in [-0.2, -0.15) is 4.99 Å². The summed E-state index contributed by atoms with van der Waals surface area (Å²) in [5, 5.41) is -1.09. The highest BCUT2D eigenvalue weighted by Crippen LogP contribution is 2.19. The zero-order valence-corrected chi connectivity index (χ0v) is 15.4. The number of aromatic nitrogens is 1. The number of benzene rings is 1. The molecule has 1 aromatic heterocycles. The molecule has 1 heterocycles. The SMILES string of the molecule is COC(=O)Cn1c(=NC(=O)CS(=O)(=O)C(C)=O)sc2cc(C)ccc21. The molecule has 0 saturated carbocycles. The van der Waals surface area contributed by atoms with Gasteiger partial charge in [-0.05, 0) is 24.6 Å². The molecule has 0 aliphatic heterocycles. The van der Waals surface area contributed by atoms with Crippen LogP contribution >= 0.6 is 11.3 Å². The Morgan fingerprint density at radius 1 is 1.28 bits per heavy atom. The minimum Gasteiger partial charge on any atom is -0.468 e. The predicted molar refractivity (Wildman–Crippen MR) is 91.6 cm³/mol. The number of esters is 1. The lowest BCUT2D eigenvalue weighted by molar-refractivity contribution is -0.141. The Labute approximate surface area is 147 Å². The molecule has 0 N–H and O–H groups in total. The maximum atomic E-state index is 12.0. The Bertz CT molecular complexity index is 1030. The molecule has 1 amide bonds. The number of sulfone groups is 1. The maximum absolute atomic E-state index is 12.0. The van der Waals surface area contributed by atoms with E-state index in [9.17, 15) is 22.8 Å². The first-order valence-corrected chi connectivity index (χ1v) is 9.58. The first-order chi connectivity index (χ1) is 11.6. The third-order valence-corrected chi connectivity index (χ3v) is 5.87. The highest BCUT2D eigenvalue weighted by atomic mass is 32.2. The molecule has 1 aromatic carbocycles. The van der Waals surface area contributed by atoms with Crippen LogP contribution in [-0.4, -0.2) is 42.8 Å². The fourth-order valence-corrected chi connectivity index (χ4v) is 3.75. The lowest BCUT2D eigenvalue weighted by Gasteiger charge is -2.03. The van der Waals surface area contributed by atoms with Gasteiger partial charge < -0.3 is 9.30 Å². The predicted octanol–water partition coefficient (Wildman–Crippen LogP) is 0.573. The zero-order chi connectivity index (χ0) is 18.8. The van der Waals surface area contributed by atoms with Gasteiger partial charge in [-0.3, -0.25) is 14.4 Å².